The monoisotopic (exact) mass is 312 g/mol. The average molecular weight is 312 g/mol. The number of benzene rings is 4. The normalized spacial score (nSPS) is 11.5. The van der Waals surface area contributed by atoms with E-state index in [2.05, 4.69) is 73.7 Å². The van der Waals surface area contributed by atoms with Crippen LogP contribution in [0.4, 0.5) is 0 Å². The highest BCUT2D eigenvalue weighted by molar-refractivity contribution is 6.17. The quantitative estimate of drug-likeness (QED) is 0.268. The Morgan fingerprint density at radius 2 is 1.29 bits per heavy atom. The maximum atomic E-state index is 2.38. The summed E-state index contributed by atoms with van der Waals surface area (Å²) in [6, 6.07) is 24.8. The summed E-state index contributed by atoms with van der Waals surface area (Å²) in [5.41, 5.74) is 1.47. The van der Waals surface area contributed by atoms with E-state index < -0.39 is 0 Å². The van der Waals surface area contributed by atoms with Gasteiger partial charge in [0.15, 0.2) is 0 Å². The highest BCUT2D eigenvalue weighted by Crippen LogP contribution is 2.31. The lowest BCUT2D eigenvalue weighted by atomic mass is 9.95. The molecule has 0 saturated heterocycles. The first-order chi connectivity index (χ1) is 11.9. The number of hydrogen-bond donors (Lipinski definition) is 0. The molecule has 4 rings (SSSR count). The first-order valence-electron chi connectivity index (χ1n) is 9.20. The summed E-state index contributed by atoms with van der Waals surface area (Å²) in [6.07, 6.45) is 6.50. The Kier molecular flexibility index (Phi) is 4.21. The zero-order valence-electron chi connectivity index (χ0n) is 14.4. The largest absolute Gasteiger partial charge is 0.0654 e. The van der Waals surface area contributed by atoms with Crippen LogP contribution >= 0.6 is 0 Å². The molecule has 0 aromatic heterocycles. The number of rotatable bonds is 5. The van der Waals surface area contributed by atoms with E-state index in [4.69, 9.17) is 0 Å². The van der Waals surface area contributed by atoms with Crippen LogP contribution < -0.4 is 0 Å². The summed E-state index contributed by atoms with van der Waals surface area (Å²) in [5.74, 6) is 0. The molecule has 0 heteroatoms. The number of unbranched alkanes of at least 4 members (excludes halogenated alkanes) is 3. The Bertz CT molecular complexity index is 995. The zero-order valence-corrected chi connectivity index (χ0v) is 14.4. The first-order valence-corrected chi connectivity index (χ1v) is 9.20. The summed E-state index contributed by atoms with van der Waals surface area (Å²) in [6.45, 7) is 2.27. The van der Waals surface area contributed by atoms with Crippen molar-refractivity contribution in [2.45, 2.75) is 39.0 Å². The van der Waals surface area contributed by atoms with Crippen LogP contribution in [-0.4, -0.2) is 0 Å². The Morgan fingerprint density at radius 3 is 2.12 bits per heavy atom. The van der Waals surface area contributed by atoms with Gasteiger partial charge in [0.05, 0.1) is 0 Å². The summed E-state index contributed by atoms with van der Waals surface area (Å²) >= 11 is 0. The summed E-state index contributed by atoms with van der Waals surface area (Å²) in [4.78, 5) is 0. The molecule has 0 amide bonds. The van der Waals surface area contributed by atoms with Crippen LogP contribution in [0.5, 0.6) is 0 Å². The third-order valence-corrected chi connectivity index (χ3v) is 5.13. The second-order valence-electron chi connectivity index (χ2n) is 6.81. The Morgan fingerprint density at radius 1 is 0.583 bits per heavy atom. The molecule has 0 unspecified atom stereocenters. The van der Waals surface area contributed by atoms with Gasteiger partial charge < -0.3 is 0 Å². The number of aryl methyl sites for hydroxylation is 1. The second kappa shape index (κ2) is 6.65. The number of fused-ring (bicyclic) bond motifs is 5. The molecule has 0 heterocycles. The molecule has 0 spiro atoms. The molecule has 0 N–H and O–H groups in total. The van der Waals surface area contributed by atoms with Gasteiger partial charge in [-0.05, 0) is 50.7 Å². The van der Waals surface area contributed by atoms with E-state index in [0.29, 0.717) is 0 Å². The molecule has 120 valence electrons. The maximum Gasteiger partial charge on any atom is -0.00990 e. The predicted molar refractivity (Wildman–Crippen MR) is 107 cm³/mol. The average Bonchev–Trinajstić information content (AvgIpc) is 2.64. The Hall–Kier alpha value is -2.34. The van der Waals surface area contributed by atoms with Crippen molar-refractivity contribution in [3.63, 3.8) is 0 Å². The standard InChI is InChI=1S/C24H24/c1-2-3-4-5-8-18-11-14-22-20(17-18)13-16-23-21-10-7-6-9-19(21)12-15-24(22)23/h6-7,9-17H,2-5,8H2,1H3. The van der Waals surface area contributed by atoms with E-state index in [9.17, 15) is 0 Å². The molecule has 24 heavy (non-hydrogen) atoms. The van der Waals surface area contributed by atoms with E-state index in [1.54, 1.807) is 0 Å². The third kappa shape index (κ3) is 2.78. The van der Waals surface area contributed by atoms with Gasteiger partial charge in [0.1, 0.15) is 0 Å². The van der Waals surface area contributed by atoms with Crippen molar-refractivity contribution in [3.05, 3.63) is 72.3 Å². The minimum Gasteiger partial charge on any atom is -0.0654 e. The highest BCUT2D eigenvalue weighted by Gasteiger charge is 2.05. The fourth-order valence-electron chi connectivity index (χ4n) is 3.79. The van der Waals surface area contributed by atoms with Gasteiger partial charge >= 0.3 is 0 Å². The van der Waals surface area contributed by atoms with E-state index in [0.717, 1.165) is 0 Å². The molecular formula is C24H24. The van der Waals surface area contributed by atoms with Gasteiger partial charge in [0, 0.05) is 0 Å². The smallest absolute Gasteiger partial charge is 0.00990 e. The van der Waals surface area contributed by atoms with Crippen molar-refractivity contribution in [1.82, 2.24) is 0 Å². The van der Waals surface area contributed by atoms with Crippen LogP contribution in [0.2, 0.25) is 0 Å². The zero-order chi connectivity index (χ0) is 16.4. The van der Waals surface area contributed by atoms with Gasteiger partial charge in [-0.25, -0.2) is 0 Å². The Labute approximate surface area is 144 Å². The Balaban J connectivity index is 1.76. The molecule has 0 fully saturated rings. The maximum absolute atomic E-state index is 2.38. The van der Waals surface area contributed by atoms with Crippen LogP contribution in [0, 0.1) is 0 Å². The third-order valence-electron chi connectivity index (χ3n) is 5.13. The molecule has 0 aliphatic rings. The van der Waals surface area contributed by atoms with E-state index in [1.165, 1.54) is 70.0 Å². The van der Waals surface area contributed by atoms with Crippen molar-refractivity contribution >= 4 is 32.3 Å². The highest BCUT2D eigenvalue weighted by atomic mass is 14.1. The van der Waals surface area contributed by atoms with Crippen molar-refractivity contribution in [2.24, 2.45) is 0 Å². The van der Waals surface area contributed by atoms with E-state index in [-0.39, 0.29) is 0 Å². The van der Waals surface area contributed by atoms with Crippen molar-refractivity contribution in [3.8, 4) is 0 Å². The molecule has 0 aliphatic heterocycles. The van der Waals surface area contributed by atoms with Gasteiger partial charge in [-0.1, -0.05) is 92.9 Å². The molecule has 0 saturated carbocycles. The summed E-state index contributed by atoms with van der Waals surface area (Å²) < 4.78 is 0. The first kappa shape index (κ1) is 15.2. The molecular weight excluding hydrogens is 288 g/mol. The lowest BCUT2D eigenvalue weighted by Gasteiger charge is -2.09. The van der Waals surface area contributed by atoms with Crippen molar-refractivity contribution in [2.75, 3.05) is 0 Å². The van der Waals surface area contributed by atoms with Crippen LogP contribution in [0.25, 0.3) is 32.3 Å². The lowest BCUT2D eigenvalue weighted by molar-refractivity contribution is 0.667. The minimum absolute atomic E-state index is 1.20. The summed E-state index contributed by atoms with van der Waals surface area (Å²) in [5, 5.41) is 8.12. The molecule has 0 radical (unpaired) electrons. The van der Waals surface area contributed by atoms with Crippen molar-refractivity contribution < 1.29 is 0 Å². The van der Waals surface area contributed by atoms with Crippen LogP contribution in [0.1, 0.15) is 38.2 Å². The molecule has 0 bridgehead atoms. The van der Waals surface area contributed by atoms with E-state index in [1.807, 2.05) is 0 Å². The molecule has 4 aromatic rings. The van der Waals surface area contributed by atoms with Gasteiger partial charge in [0.25, 0.3) is 0 Å². The topological polar surface area (TPSA) is 0 Å². The number of hydrogen-bond acceptors (Lipinski definition) is 0. The molecule has 0 nitrogen and oxygen atoms in total. The molecule has 0 atom stereocenters. The van der Waals surface area contributed by atoms with Crippen LogP contribution in [-0.2, 0) is 6.42 Å². The minimum atomic E-state index is 1.20. The second-order valence-corrected chi connectivity index (χ2v) is 6.81. The predicted octanol–water partition coefficient (Wildman–Crippen LogP) is 7.27. The van der Waals surface area contributed by atoms with Gasteiger partial charge in [-0.3, -0.25) is 0 Å². The SMILES string of the molecule is CCCCCCc1ccc2c(ccc3c4ccccc4ccc23)c1. The van der Waals surface area contributed by atoms with Crippen LogP contribution in [0.3, 0.4) is 0 Å². The fraction of sp³-hybridized carbons (Fsp3) is 0.250. The molecule has 4 aromatic carbocycles. The van der Waals surface area contributed by atoms with Crippen molar-refractivity contribution in [1.29, 1.82) is 0 Å². The molecule has 0 aliphatic carbocycles. The van der Waals surface area contributed by atoms with Crippen LogP contribution in [0.15, 0.2) is 66.7 Å². The van der Waals surface area contributed by atoms with Gasteiger partial charge in [0.2, 0.25) is 0 Å². The van der Waals surface area contributed by atoms with Gasteiger partial charge in [-0.2, -0.15) is 0 Å². The fourth-order valence-corrected chi connectivity index (χ4v) is 3.79. The summed E-state index contributed by atoms with van der Waals surface area (Å²) in [7, 11) is 0. The van der Waals surface area contributed by atoms with Gasteiger partial charge in [-0.15, -0.1) is 0 Å². The van der Waals surface area contributed by atoms with E-state index >= 15 is 0 Å². The lowest BCUT2D eigenvalue weighted by Crippen LogP contribution is -1.87.